The largest absolute Gasteiger partial charge is 0.347 e. The first kappa shape index (κ1) is 13.4. The topological polar surface area (TPSA) is 46.9 Å². The van der Waals surface area contributed by atoms with Gasteiger partial charge in [0, 0.05) is 31.4 Å². The Labute approximate surface area is 122 Å². The first-order chi connectivity index (χ1) is 9.65. The number of nitrogens with one attached hydrogen (secondary N) is 1. The van der Waals surface area contributed by atoms with Gasteiger partial charge in [0.15, 0.2) is 0 Å². The van der Waals surface area contributed by atoms with Crippen molar-refractivity contribution in [3.63, 3.8) is 0 Å². The number of fused-ring (bicyclic) bond motifs is 1. The van der Waals surface area contributed by atoms with Crippen molar-refractivity contribution >= 4 is 17.2 Å². The number of thiophene rings is 1. The molecule has 1 aliphatic rings. The van der Waals surface area contributed by atoms with E-state index in [2.05, 4.69) is 34.8 Å². The van der Waals surface area contributed by atoms with E-state index in [-0.39, 0.29) is 11.9 Å². The van der Waals surface area contributed by atoms with E-state index in [9.17, 15) is 4.79 Å². The van der Waals surface area contributed by atoms with Crippen LogP contribution in [0.25, 0.3) is 0 Å². The number of imidazole rings is 1. The number of aromatic nitrogens is 2. The van der Waals surface area contributed by atoms with Gasteiger partial charge in [0.1, 0.15) is 5.82 Å². The summed E-state index contributed by atoms with van der Waals surface area (Å²) >= 11 is 1.53. The van der Waals surface area contributed by atoms with Crippen LogP contribution in [0.4, 0.5) is 0 Å². The van der Waals surface area contributed by atoms with Gasteiger partial charge < -0.3 is 9.88 Å². The zero-order valence-electron chi connectivity index (χ0n) is 11.8. The first-order valence-electron chi connectivity index (χ1n) is 7.03. The molecule has 0 fully saturated rings. The molecular weight excluding hydrogens is 270 g/mol. The van der Waals surface area contributed by atoms with Gasteiger partial charge in [-0.3, -0.25) is 4.79 Å². The van der Waals surface area contributed by atoms with Crippen molar-refractivity contribution < 1.29 is 4.79 Å². The Bertz CT molecular complexity index is 614. The highest BCUT2D eigenvalue weighted by atomic mass is 32.1. The quantitative estimate of drug-likeness (QED) is 0.944. The molecule has 4 nitrogen and oxygen atoms in total. The lowest BCUT2D eigenvalue weighted by Crippen LogP contribution is -2.40. The third-order valence-electron chi connectivity index (χ3n) is 3.79. The summed E-state index contributed by atoms with van der Waals surface area (Å²) in [5, 5.41) is 5.17. The minimum absolute atomic E-state index is 0.0669. The number of rotatable bonds is 3. The second-order valence-electron chi connectivity index (χ2n) is 5.56. The van der Waals surface area contributed by atoms with Crippen molar-refractivity contribution in [2.24, 2.45) is 0 Å². The van der Waals surface area contributed by atoms with Crippen molar-refractivity contribution in [1.29, 1.82) is 0 Å². The standard InChI is InChI=1S/C15H19N3OS/c1-10(2)12-5-8-20-14(12)15(19)17-11-3-4-13-16-6-7-18(13)9-11/h5-8,10-11H,3-4,9H2,1-2H3,(H,17,19)/t11-/m0/s1. The number of carbonyl (C=O) groups excluding carboxylic acids is 1. The molecule has 5 heteroatoms. The van der Waals surface area contributed by atoms with Crippen molar-refractivity contribution in [1.82, 2.24) is 14.9 Å². The number of carbonyl (C=O) groups is 1. The van der Waals surface area contributed by atoms with Crippen LogP contribution in [0.15, 0.2) is 23.8 Å². The molecule has 1 atom stereocenters. The van der Waals surface area contributed by atoms with Gasteiger partial charge in [-0.1, -0.05) is 13.8 Å². The highest BCUT2D eigenvalue weighted by Crippen LogP contribution is 2.25. The van der Waals surface area contributed by atoms with Crippen molar-refractivity contribution in [3.05, 3.63) is 40.1 Å². The molecule has 2 aromatic heterocycles. The molecule has 1 N–H and O–H groups in total. The van der Waals surface area contributed by atoms with Gasteiger partial charge in [-0.05, 0) is 29.3 Å². The van der Waals surface area contributed by atoms with E-state index in [4.69, 9.17) is 0 Å². The summed E-state index contributed by atoms with van der Waals surface area (Å²) in [6, 6.07) is 2.25. The van der Waals surface area contributed by atoms with Crippen LogP contribution >= 0.6 is 11.3 Å². The maximum atomic E-state index is 12.4. The monoisotopic (exact) mass is 289 g/mol. The Kier molecular flexibility index (Phi) is 3.61. The SMILES string of the molecule is CC(C)c1ccsc1C(=O)N[C@H]1CCc2nccn2C1. The number of hydrogen-bond acceptors (Lipinski definition) is 3. The maximum Gasteiger partial charge on any atom is 0.261 e. The van der Waals surface area contributed by atoms with E-state index in [0.717, 1.165) is 35.7 Å². The van der Waals surface area contributed by atoms with E-state index in [1.54, 1.807) is 0 Å². The molecule has 1 amide bonds. The van der Waals surface area contributed by atoms with Crippen molar-refractivity contribution in [2.45, 2.75) is 45.2 Å². The van der Waals surface area contributed by atoms with Crippen LogP contribution in [0.1, 0.15) is 47.2 Å². The average molecular weight is 289 g/mol. The van der Waals surface area contributed by atoms with Gasteiger partial charge in [-0.2, -0.15) is 0 Å². The Hall–Kier alpha value is -1.62. The van der Waals surface area contributed by atoms with Gasteiger partial charge in [0.05, 0.1) is 4.88 Å². The van der Waals surface area contributed by atoms with E-state index in [0.29, 0.717) is 5.92 Å². The smallest absolute Gasteiger partial charge is 0.261 e. The molecule has 0 spiro atoms. The first-order valence-corrected chi connectivity index (χ1v) is 7.91. The summed E-state index contributed by atoms with van der Waals surface area (Å²) in [6.45, 7) is 5.07. The predicted octanol–water partition coefficient (Wildman–Crippen LogP) is 2.81. The molecule has 0 saturated heterocycles. The fourth-order valence-electron chi connectivity index (χ4n) is 2.69. The molecule has 106 valence electrons. The highest BCUT2D eigenvalue weighted by molar-refractivity contribution is 7.12. The number of hydrogen-bond donors (Lipinski definition) is 1. The number of nitrogens with zero attached hydrogens (tertiary/aromatic N) is 2. The van der Waals surface area contributed by atoms with Crippen LogP contribution in [0.3, 0.4) is 0 Å². The lowest BCUT2D eigenvalue weighted by molar-refractivity contribution is 0.0930. The molecule has 0 unspecified atom stereocenters. The summed E-state index contributed by atoms with van der Waals surface area (Å²) in [6.07, 6.45) is 5.71. The minimum Gasteiger partial charge on any atom is -0.347 e. The zero-order chi connectivity index (χ0) is 14.1. The van der Waals surface area contributed by atoms with Crippen LogP contribution in [-0.2, 0) is 13.0 Å². The zero-order valence-corrected chi connectivity index (χ0v) is 12.6. The molecule has 0 aromatic carbocycles. The van der Waals surface area contributed by atoms with Gasteiger partial charge in [0.2, 0.25) is 0 Å². The normalized spacial score (nSPS) is 18.1. The van der Waals surface area contributed by atoms with Gasteiger partial charge in [-0.25, -0.2) is 4.98 Å². The van der Waals surface area contributed by atoms with Crippen LogP contribution < -0.4 is 5.32 Å². The molecule has 0 saturated carbocycles. The average Bonchev–Trinajstić information content (AvgIpc) is 3.06. The van der Waals surface area contributed by atoms with Gasteiger partial charge in [0.25, 0.3) is 5.91 Å². The molecule has 0 radical (unpaired) electrons. The van der Waals surface area contributed by atoms with Crippen LogP contribution in [0.5, 0.6) is 0 Å². The van der Waals surface area contributed by atoms with E-state index < -0.39 is 0 Å². The molecule has 20 heavy (non-hydrogen) atoms. The van der Waals surface area contributed by atoms with E-state index in [1.807, 2.05) is 17.8 Å². The Morgan fingerprint density at radius 3 is 3.20 bits per heavy atom. The third kappa shape index (κ3) is 2.50. The lowest BCUT2D eigenvalue weighted by Gasteiger charge is -2.24. The number of aryl methyl sites for hydroxylation is 1. The second kappa shape index (κ2) is 5.40. The fourth-order valence-corrected chi connectivity index (χ4v) is 3.65. The van der Waals surface area contributed by atoms with Crippen molar-refractivity contribution in [3.8, 4) is 0 Å². The third-order valence-corrected chi connectivity index (χ3v) is 4.72. The van der Waals surface area contributed by atoms with Crippen molar-refractivity contribution in [2.75, 3.05) is 0 Å². The van der Waals surface area contributed by atoms with Crippen LogP contribution in [0.2, 0.25) is 0 Å². The van der Waals surface area contributed by atoms with Crippen LogP contribution in [-0.4, -0.2) is 21.5 Å². The van der Waals surface area contributed by atoms with E-state index >= 15 is 0 Å². The predicted molar refractivity (Wildman–Crippen MR) is 80.2 cm³/mol. The molecule has 3 rings (SSSR count). The second-order valence-corrected chi connectivity index (χ2v) is 6.48. The highest BCUT2D eigenvalue weighted by Gasteiger charge is 2.23. The van der Waals surface area contributed by atoms with E-state index in [1.165, 1.54) is 11.3 Å². The summed E-state index contributed by atoms with van der Waals surface area (Å²) in [5.41, 5.74) is 1.15. The maximum absolute atomic E-state index is 12.4. The van der Waals surface area contributed by atoms with Gasteiger partial charge >= 0.3 is 0 Å². The van der Waals surface area contributed by atoms with Gasteiger partial charge in [-0.15, -0.1) is 11.3 Å². The molecule has 1 aliphatic heterocycles. The molecule has 3 heterocycles. The molecular formula is C15H19N3OS. The molecule has 0 aliphatic carbocycles. The van der Waals surface area contributed by atoms with Crippen LogP contribution in [0, 0.1) is 0 Å². The summed E-state index contributed by atoms with van der Waals surface area (Å²) in [5.74, 6) is 1.57. The lowest BCUT2D eigenvalue weighted by atomic mass is 10.0. The number of amides is 1. The summed E-state index contributed by atoms with van der Waals surface area (Å²) in [4.78, 5) is 17.6. The fraction of sp³-hybridized carbons (Fsp3) is 0.467. The summed E-state index contributed by atoms with van der Waals surface area (Å²) < 4.78 is 2.13. The Morgan fingerprint density at radius 1 is 1.55 bits per heavy atom. The minimum atomic E-state index is 0.0669. The summed E-state index contributed by atoms with van der Waals surface area (Å²) in [7, 11) is 0. The molecule has 2 aromatic rings. The Morgan fingerprint density at radius 2 is 2.40 bits per heavy atom. The Balaban J connectivity index is 1.69. The molecule has 0 bridgehead atoms.